The maximum absolute atomic E-state index is 12.9. The molecule has 1 aliphatic heterocycles. The summed E-state index contributed by atoms with van der Waals surface area (Å²) in [5.74, 6) is 6.86. The summed E-state index contributed by atoms with van der Waals surface area (Å²) < 4.78 is 3.56. The predicted molar refractivity (Wildman–Crippen MR) is 126 cm³/mol. The van der Waals surface area contributed by atoms with Crippen molar-refractivity contribution in [2.24, 2.45) is 0 Å². The Labute approximate surface area is 195 Å². The highest BCUT2D eigenvalue weighted by Gasteiger charge is 2.28. The number of nitrogens with one attached hydrogen (secondary N) is 1. The molecule has 8 nitrogen and oxygen atoms in total. The zero-order valence-corrected chi connectivity index (χ0v) is 18.1. The van der Waals surface area contributed by atoms with Gasteiger partial charge in [0.2, 0.25) is 5.82 Å². The van der Waals surface area contributed by atoms with Gasteiger partial charge in [-0.1, -0.05) is 42.3 Å². The first kappa shape index (κ1) is 19.9. The van der Waals surface area contributed by atoms with Crippen molar-refractivity contribution >= 4 is 17.2 Å². The molecule has 8 heteroatoms. The van der Waals surface area contributed by atoms with Crippen LogP contribution in [-0.2, 0) is 6.42 Å². The number of fused-ring (bicyclic) bond motifs is 2. The number of hydrogen-bond acceptors (Lipinski definition) is 5. The number of rotatable bonds is 3. The Balaban J connectivity index is 1.20. The van der Waals surface area contributed by atoms with Gasteiger partial charge in [-0.3, -0.25) is 4.79 Å². The van der Waals surface area contributed by atoms with Crippen LogP contribution in [0.5, 0.6) is 0 Å². The highest BCUT2D eigenvalue weighted by molar-refractivity contribution is 6.01. The van der Waals surface area contributed by atoms with Crippen molar-refractivity contribution in [1.82, 2.24) is 29.4 Å². The van der Waals surface area contributed by atoms with E-state index in [0.29, 0.717) is 11.4 Å². The van der Waals surface area contributed by atoms with E-state index < -0.39 is 0 Å². The lowest BCUT2D eigenvalue weighted by Gasteiger charge is -2.11. The second-order valence-corrected chi connectivity index (χ2v) is 7.98. The summed E-state index contributed by atoms with van der Waals surface area (Å²) >= 11 is 0. The van der Waals surface area contributed by atoms with Crippen molar-refractivity contribution < 1.29 is 4.79 Å². The minimum Gasteiger partial charge on any atom is -0.319 e. The lowest BCUT2D eigenvalue weighted by molar-refractivity contribution is 0.101. The third kappa shape index (κ3) is 3.69. The molecule has 0 unspecified atom stereocenters. The first-order valence-corrected chi connectivity index (χ1v) is 11.0. The number of anilines is 1. The van der Waals surface area contributed by atoms with Crippen LogP contribution < -0.4 is 5.32 Å². The number of aryl methyl sites for hydroxylation is 1. The summed E-state index contributed by atoms with van der Waals surface area (Å²) in [4.78, 5) is 21.6. The minimum atomic E-state index is -0.343. The summed E-state index contributed by atoms with van der Waals surface area (Å²) in [6, 6.07) is 21.4. The number of carbonyl (C=O) groups is 1. The number of amides is 1. The second-order valence-electron chi connectivity index (χ2n) is 7.98. The molecule has 164 valence electrons. The van der Waals surface area contributed by atoms with Gasteiger partial charge in [0.1, 0.15) is 11.5 Å². The largest absolute Gasteiger partial charge is 0.319 e. The summed E-state index contributed by atoms with van der Waals surface area (Å²) in [7, 11) is 0. The van der Waals surface area contributed by atoms with Crippen LogP contribution in [0.1, 0.15) is 45.7 Å². The predicted octanol–water partition coefficient (Wildman–Crippen LogP) is 3.51. The normalized spacial score (nSPS) is 14.4. The number of aromatic nitrogens is 6. The van der Waals surface area contributed by atoms with E-state index in [9.17, 15) is 4.79 Å². The first-order valence-electron chi connectivity index (χ1n) is 11.0. The molecule has 1 aliphatic rings. The van der Waals surface area contributed by atoms with Gasteiger partial charge in [0.05, 0.1) is 12.2 Å². The zero-order chi connectivity index (χ0) is 22.9. The molecule has 5 aromatic rings. The molecule has 1 amide bonds. The second kappa shape index (κ2) is 8.30. The van der Waals surface area contributed by atoms with Crippen LogP contribution in [0.4, 0.5) is 5.69 Å². The molecule has 0 radical (unpaired) electrons. The fourth-order valence-corrected chi connectivity index (χ4v) is 4.16. The molecule has 0 spiro atoms. The van der Waals surface area contributed by atoms with Gasteiger partial charge >= 0.3 is 0 Å². The van der Waals surface area contributed by atoms with Gasteiger partial charge in [-0.15, -0.1) is 5.10 Å². The lowest BCUT2D eigenvalue weighted by Crippen LogP contribution is -2.15. The fraction of sp³-hybridized carbons (Fsp3) is 0.115. The van der Waals surface area contributed by atoms with Crippen molar-refractivity contribution in [2.75, 3.05) is 5.32 Å². The Morgan fingerprint density at radius 3 is 2.85 bits per heavy atom. The summed E-state index contributed by atoms with van der Waals surface area (Å²) in [6.45, 7) is 0. The van der Waals surface area contributed by atoms with Crippen LogP contribution in [-0.4, -0.2) is 35.3 Å². The lowest BCUT2D eigenvalue weighted by atomic mass is 10.1. The Bertz CT molecular complexity index is 1570. The smallest absolute Gasteiger partial charge is 0.295 e. The molecular weight excluding hydrogens is 426 g/mol. The van der Waals surface area contributed by atoms with Crippen molar-refractivity contribution in [2.45, 2.75) is 18.9 Å². The van der Waals surface area contributed by atoms with Gasteiger partial charge < -0.3 is 5.32 Å². The van der Waals surface area contributed by atoms with Crippen molar-refractivity contribution in [3.05, 3.63) is 108 Å². The SMILES string of the molecule is O=C(Nc1cccc(C#Cc2cnc3cccnn23)c1)c1nc2n(n1)[C@H](c1ccccc1)CC2. The van der Waals surface area contributed by atoms with E-state index in [1.807, 2.05) is 59.3 Å². The highest BCUT2D eigenvalue weighted by atomic mass is 16.2. The van der Waals surface area contributed by atoms with Crippen LogP contribution in [0.25, 0.3) is 5.65 Å². The highest BCUT2D eigenvalue weighted by Crippen LogP contribution is 2.30. The molecule has 0 saturated heterocycles. The van der Waals surface area contributed by atoms with Gasteiger partial charge in [0.25, 0.3) is 5.91 Å². The van der Waals surface area contributed by atoms with Crippen molar-refractivity contribution in [1.29, 1.82) is 0 Å². The minimum absolute atomic E-state index is 0.109. The van der Waals surface area contributed by atoms with Gasteiger partial charge in [0.15, 0.2) is 5.65 Å². The molecule has 6 rings (SSSR count). The first-order chi connectivity index (χ1) is 16.7. The quantitative estimate of drug-likeness (QED) is 0.429. The molecule has 0 saturated carbocycles. The molecule has 1 atom stereocenters. The number of benzene rings is 2. The Morgan fingerprint density at radius 2 is 1.94 bits per heavy atom. The van der Waals surface area contributed by atoms with Crippen LogP contribution in [0.2, 0.25) is 0 Å². The third-order valence-corrected chi connectivity index (χ3v) is 5.76. The molecule has 3 aromatic heterocycles. The molecule has 34 heavy (non-hydrogen) atoms. The number of hydrogen-bond donors (Lipinski definition) is 1. The molecule has 2 aromatic carbocycles. The number of nitrogens with zero attached hydrogens (tertiary/aromatic N) is 6. The molecule has 0 aliphatic carbocycles. The van der Waals surface area contributed by atoms with E-state index in [0.717, 1.165) is 29.9 Å². The molecule has 0 fully saturated rings. The van der Waals surface area contributed by atoms with Crippen LogP contribution >= 0.6 is 0 Å². The standard InChI is InChI=1S/C26H19N7O/c34-26(25-30-24-14-13-22(33(24)31-25)19-7-2-1-3-8-19)29-20-9-4-6-18(16-20)11-12-21-17-27-23-10-5-15-28-32(21)23/h1-10,15-17,22H,13-14H2,(H,29,34)/t22-/m0/s1. The number of imidazole rings is 1. The summed E-state index contributed by atoms with van der Waals surface area (Å²) in [6.07, 6.45) is 5.11. The maximum atomic E-state index is 12.9. The Kier molecular flexibility index (Phi) is 4.85. The van der Waals surface area contributed by atoms with E-state index in [1.54, 1.807) is 16.9 Å². The summed E-state index contributed by atoms with van der Waals surface area (Å²) in [5.41, 5.74) is 3.98. The number of carbonyl (C=O) groups excluding carboxylic acids is 1. The molecule has 4 heterocycles. The zero-order valence-electron chi connectivity index (χ0n) is 18.1. The van der Waals surface area contributed by atoms with Gasteiger partial charge in [0, 0.05) is 23.9 Å². The Hall–Kier alpha value is -4.77. The fourth-order valence-electron chi connectivity index (χ4n) is 4.16. The average molecular weight is 445 g/mol. The topological polar surface area (TPSA) is 90.0 Å². The van der Waals surface area contributed by atoms with Gasteiger partial charge in [-0.25, -0.2) is 19.2 Å². The van der Waals surface area contributed by atoms with Crippen LogP contribution in [0.3, 0.4) is 0 Å². The van der Waals surface area contributed by atoms with E-state index in [4.69, 9.17) is 0 Å². The molecule has 0 bridgehead atoms. The van der Waals surface area contributed by atoms with Gasteiger partial charge in [-0.2, -0.15) is 5.10 Å². The Morgan fingerprint density at radius 1 is 1.03 bits per heavy atom. The maximum Gasteiger partial charge on any atom is 0.295 e. The van der Waals surface area contributed by atoms with Gasteiger partial charge in [-0.05, 0) is 48.2 Å². The van der Waals surface area contributed by atoms with Crippen molar-refractivity contribution in [3.63, 3.8) is 0 Å². The van der Waals surface area contributed by atoms with E-state index in [1.165, 1.54) is 5.56 Å². The van der Waals surface area contributed by atoms with E-state index in [2.05, 4.69) is 49.5 Å². The third-order valence-electron chi connectivity index (χ3n) is 5.76. The van der Waals surface area contributed by atoms with Crippen LogP contribution in [0.15, 0.2) is 79.1 Å². The monoisotopic (exact) mass is 445 g/mol. The molecule has 1 N–H and O–H groups in total. The van der Waals surface area contributed by atoms with Crippen molar-refractivity contribution in [3.8, 4) is 11.8 Å². The molecular formula is C26H19N7O. The van der Waals surface area contributed by atoms with Crippen LogP contribution in [0, 0.1) is 11.8 Å². The van der Waals surface area contributed by atoms with E-state index in [-0.39, 0.29) is 17.8 Å². The van der Waals surface area contributed by atoms with E-state index >= 15 is 0 Å². The summed E-state index contributed by atoms with van der Waals surface area (Å²) in [5, 5.41) is 11.7. The average Bonchev–Trinajstić information content (AvgIpc) is 3.58.